The Morgan fingerprint density at radius 2 is 1.79 bits per heavy atom. The largest absolute Gasteiger partial charge is 0.338 e. The Morgan fingerprint density at radius 1 is 1.10 bits per heavy atom. The summed E-state index contributed by atoms with van der Waals surface area (Å²) in [4.78, 5) is 32.2. The summed E-state index contributed by atoms with van der Waals surface area (Å²) in [5.41, 5.74) is 0.500. The first-order valence-electron chi connectivity index (χ1n) is 8.98. The minimum absolute atomic E-state index is 0.0345. The quantitative estimate of drug-likeness (QED) is 0.705. The minimum atomic E-state index is -3.79. The number of carbonyl (C=O) groups is 2. The molecule has 2 amide bonds. The zero-order chi connectivity index (χ0) is 21.0. The van der Waals surface area contributed by atoms with E-state index in [4.69, 9.17) is 11.6 Å². The zero-order valence-electron chi connectivity index (χ0n) is 15.9. The Bertz CT molecular complexity index is 992. The second kappa shape index (κ2) is 8.89. The molecular weight excluding hydrogens is 416 g/mol. The molecule has 1 saturated heterocycles. The number of nitrogens with zero attached hydrogens (tertiary/aromatic N) is 4. The average molecular weight is 437 g/mol. The van der Waals surface area contributed by atoms with Crippen LogP contribution in [-0.4, -0.2) is 79.1 Å². The van der Waals surface area contributed by atoms with Gasteiger partial charge in [0.2, 0.25) is 15.9 Å². The molecule has 0 atom stereocenters. The molecule has 0 aliphatic carbocycles. The zero-order valence-corrected chi connectivity index (χ0v) is 17.4. The van der Waals surface area contributed by atoms with Crippen molar-refractivity contribution in [2.75, 3.05) is 39.8 Å². The molecule has 0 radical (unpaired) electrons. The van der Waals surface area contributed by atoms with Crippen molar-refractivity contribution in [1.29, 1.82) is 0 Å². The highest BCUT2D eigenvalue weighted by atomic mass is 35.5. The van der Waals surface area contributed by atoms with E-state index < -0.39 is 10.0 Å². The highest BCUT2D eigenvalue weighted by molar-refractivity contribution is 7.89. The molecule has 1 fully saturated rings. The molecule has 1 aromatic heterocycles. The van der Waals surface area contributed by atoms with Crippen molar-refractivity contribution in [2.24, 2.45) is 0 Å². The molecule has 3 rings (SSSR count). The van der Waals surface area contributed by atoms with Crippen LogP contribution in [0.5, 0.6) is 0 Å². The summed E-state index contributed by atoms with van der Waals surface area (Å²) in [5.74, 6) is -0.453. The van der Waals surface area contributed by atoms with Crippen molar-refractivity contribution < 1.29 is 18.0 Å². The lowest BCUT2D eigenvalue weighted by Crippen LogP contribution is -2.52. The van der Waals surface area contributed by atoms with Gasteiger partial charge in [-0.15, -0.1) is 0 Å². The lowest BCUT2D eigenvalue weighted by atomic mass is 10.2. The van der Waals surface area contributed by atoms with Gasteiger partial charge in [0.15, 0.2) is 0 Å². The summed E-state index contributed by atoms with van der Waals surface area (Å²) in [6.45, 7) is 1.14. The van der Waals surface area contributed by atoms with Gasteiger partial charge in [0, 0.05) is 56.2 Å². The van der Waals surface area contributed by atoms with Crippen LogP contribution in [0, 0.1) is 0 Å². The van der Waals surface area contributed by atoms with Crippen molar-refractivity contribution in [2.45, 2.75) is 4.90 Å². The first-order chi connectivity index (χ1) is 13.8. The van der Waals surface area contributed by atoms with Crippen LogP contribution < -0.4 is 0 Å². The topological polar surface area (TPSA) is 90.9 Å². The summed E-state index contributed by atoms with van der Waals surface area (Å²) < 4.78 is 26.1. The van der Waals surface area contributed by atoms with E-state index in [1.165, 1.54) is 31.6 Å². The number of aromatic nitrogens is 1. The fraction of sp³-hybridized carbons (Fsp3) is 0.316. The standard InChI is InChI=1S/C19H21ClN4O4S/c1-22(29(27,28)17-6-3-7-21-13-17)14-18(25)23-8-10-24(11-9-23)19(26)15-4-2-5-16(20)12-15/h2-7,12-13H,8-11,14H2,1H3. The van der Waals surface area contributed by atoms with Gasteiger partial charge in [0.25, 0.3) is 5.91 Å². The summed E-state index contributed by atoms with van der Waals surface area (Å²) in [7, 11) is -2.43. The van der Waals surface area contributed by atoms with Gasteiger partial charge in [-0.1, -0.05) is 17.7 Å². The third kappa shape index (κ3) is 4.92. The van der Waals surface area contributed by atoms with E-state index in [9.17, 15) is 18.0 Å². The Kier molecular flexibility index (Phi) is 6.51. The fourth-order valence-corrected chi connectivity index (χ4v) is 4.29. The normalized spacial score (nSPS) is 14.9. The molecule has 0 spiro atoms. The predicted octanol–water partition coefficient (Wildman–Crippen LogP) is 1.34. The van der Waals surface area contributed by atoms with Crippen LogP contribution in [0.2, 0.25) is 5.02 Å². The van der Waals surface area contributed by atoms with Gasteiger partial charge in [0.05, 0.1) is 6.54 Å². The number of piperazine rings is 1. The van der Waals surface area contributed by atoms with Crippen LogP contribution in [0.4, 0.5) is 0 Å². The van der Waals surface area contributed by atoms with Crippen LogP contribution in [0.3, 0.4) is 0 Å². The second-order valence-electron chi connectivity index (χ2n) is 6.63. The molecule has 0 saturated carbocycles. The number of halogens is 1. The second-order valence-corrected chi connectivity index (χ2v) is 9.11. The molecule has 0 bridgehead atoms. The number of hydrogen-bond acceptors (Lipinski definition) is 5. The van der Waals surface area contributed by atoms with Gasteiger partial charge >= 0.3 is 0 Å². The maximum atomic E-state index is 12.6. The van der Waals surface area contributed by atoms with Gasteiger partial charge in [-0.05, 0) is 30.3 Å². The maximum Gasteiger partial charge on any atom is 0.254 e. The summed E-state index contributed by atoms with van der Waals surface area (Å²) in [6.07, 6.45) is 2.73. The van der Waals surface area contributed by atoms with Crippen LogP contribution in [0.15, 0.2) is 53.7 Å². The smallest absolute Gasteiger partial charge is 0.254 e. The molecule has 1 aliphatic rings. The molecule has 1 aromatic carbocycles. The molecule has 8 nitrogen and oxygen atoms in total. The highest BCUT2D eigenvalue weighted by Gasteiger charge is 2.28. The van der Waals surface area contributed by atoms with E-state index in [1.54, 1.807) is 34.1 Å². The number of rotatable bonds is 5. The van der Waals surface area contributed by atoms with E-state index in [0.717, 1.165) is 4.31 Å². The van der Waals surface area contributed by atoms with Crippen LogP contribution >= 0.6 is 11.6 Å². The van der Waals surface area contributed by atoms with Gasteiger partial charge in [-0.2, -0.15) is 4.31 Å². The first kappa shape index (κ1) is 21.2. The molecule has 10 heteroatoms. The number of pyridine rings is 1. The summed E-state index contributed by atoms with van der Waals surface area (Å²) in [5, 5.41) is 0.488. The molecule has 2 aromatic rings. The van der Waals surface area contributed by atoms with Gasteiger partial charge in [-0.3, -0.25) is 14.6 Å². The maximum absolute atomic E-state index is 12.6. The minimum Gasteiger partial charge on any atom is -0.338 e. The lowest BCUT2D eigenvalue weighted by Gasteiger charge is -2.35. The molecule has 29 heavy (non-hydrogen) atoms. The van der Waals surface area contributed by atoms with Crippen molar-refractivity contribution >= 4 is 33.4 Å². The van der Waals surface area contributed by atoms with E-state index in [2.05, 4.69) is 4.98 Å². The third-order valence-corrected chi connectivity index (χ3v) is 6.71. The van der Waals surface area contributed by atoms with E-state index in [1.807, 2.05) is 0 Å². The molecule has 2 heterocycles. The predicted molar refractivity (Wildman–Crippen MR) is 108 cm³/mol. The number of benzene rings is 1. The molecular formula is C19H21ClN4O4S. The van der Waals surface area contributed by atoms with Crippen LogP contribution in [-0.2, 0) is 14.8 Å². The van der Waals surface area contributed by atoms with E-state index in [-0.39, 0.29) is 23.3 Å². The monoisotopic (exact) mass is 436 g/mol. The fourth-order valence-electron chi connectivity index (χ4n) is 3.02. The number of hydrogen-bond donors (Lipinski definition) is 0. The van der Waals surface area contributed by atoms with Crippen LogP contribution in [0.1, 0.15) is 10.4 Å². The Labute approximate surface area is 174 Å². The highest BCUT2D eigenvalue weighted by Crippen LogP contribution is 2.15. The number of sulfonamides is 1. The molecule has 0 unspecified atom stereocenters. The molecule has 1 aliphatic heterocycles. The Morgan fingerprint density at radius 3 is 2.41 bits per heavy atom. The molecule has 0 N–H and O–H groups in total. The van der Waals surface area contributed by atoms with E-state index in [0.29, 0.717) is 36.8 Å². The van der Waals surface area contributed by atoms with Crippen molar-refractivity contribution in [3.05, 3.63) is 59.4 Å². The van der Waals surface area contributed by atoms with Crippen molar-refractivity contribution in [3.8, 4) is 0 Å². The lowest BCUT2D eigenvalue weighted by molar-refractivity contribution is -0.132. The number of amides is 2. The first-order valence-corrected chi connectivity index (χ1v) is 10.8. The van der Waals surface area contributed by atoms with E-state index >= 15 is 0 Å². The Balaban J connectivity index is 1.57. The third-order valence-electron chi connectivity index (χ3n) is 4.69. The summed E-state index contributed by atoms with van der Waals surface area (Å²) >= 11 is 5.94. The van der Waals surface area contributed by atoms with Gasteiger partial charge in [-0.25, -0.2) is 8.42 Å². The molecule has 154 valence electrons. The van der Waals surface area contributed by atoms with Gasteiger partial charge < -0.3 is 9.80 Å². The number of carbonyl (C=O) groups excluding carboxylic acids is 2. The SMILES string of the molecule is CN(CC(=O)N1CCN(C(=O)c2cccc(Cl)c2)CC1)S(=O)(=O)c1cccnc1. The van der Waals surface area contributed by atoms with Crippen molar-refractivity contribution in [1.82, 2.24) is 19.1 Å². The summed E-state index contributed by atoms with van der Waals surface area (Å²) in [6, 6.07) is 9.69. The van der Waals surface area contributed by atoms with Crippen LogP contribution in [0.25, 0.3) is 0 Å². The Hall–Kier alpha value is -2.49. The number of likely N-dealkylation sites (N-methyl/N-ethyl adjacent to an activating group) is 1. The van der Waals surface area contributed by atoms with Gasteiger partial charge in [0.1, 0.15) is 4.90 Å². The van der Waals surface area contributed by atoms with Crippen molar-refractivity contribution in [3.63, 3.8) is 0 Å². The average Bonchev–Trinajstić information content (AvgIpc) is 2.74.